The fraction of sp³-hybridized carbons (Fsp3) is 0.522. The number of ether oxygens (including phenoxy) is 3. The number of anilines is 1. The topological polar surface area (TPSA) is 87.5 Å². The minimum Gasteiger partial charge on any atom is -0.493 e. The number of nitrogens with zero attached hydrogens (tertiary/aromatic N) is 3. The number of hydrogen-bond donors (Lipinski definition) is 1. The number of aromatic nitrogens is 3. The molecule has 8 nitrogen and oxygen atoms in total. The number of rotatable bonds is 10. The van der Waals surface area contributed by atoms with Crippen molar-refractivity contribution in [2.75, 3.05) is 25.6 Å². The number of esters is 1. The Morgan fingerprint density at radius 2 is 2.06 bits per heavy atom. The van der Waals surface area contributed by atoms with Gasteiger partial charge in [-0.3, -0.25) is 0 Å². The third-order valence-corrected chi connectivity index (χ3v) is 5.20. The van der Waals surface area contributed by atoms with Crippen LogP contribution in [0.2, 0.25) is 0 Å². The third-order valence-electron chi connectivity index (χ3n) is 5.20. The number of methoxy groups -OCH3 is 1. The minimum atomic E-state index is -0.480. The van der Waals surface area contributed by atoms with Crippen LogP contribution in [0.5, 0.6) is 11.5 Å². The van der Waals surface area contributed by atoms with Gasteiger partial charge in [0, 0.05) is 5.70 Å². The maximum Gasteiger partial charge on any atom is 0.338 e. The number of hydrogen-bond acceptors (Lipinski definition) is 7. The van der Waals surface area contributed by atoms with Crippen molar-refractivity contribution in [2.45, 2.75) is 53.0 Å². The number of nitrogens with one attached hydrogen (secondary N) is 1. The van der Waals surface area contributed by atoms with E-state index in [1.165, 1.54) is 6.33 Å². The van der Waals surface area contributed by atoms with Crippen LogP contribution >= 0.6 is 0 Å². The summed E-state index contributed by atoms with van der Waals surface area (Å²) in [4.78, 5) is 17.3. The Labute approximate surface area is 183 Å². The van der Waals surface area contributed by atoms with Gasteiger partial charge in [-0.05, 0) is 43.4 Å². The van der Waals surface area contributed by atoms with Gasteiger partial charge in [0.1, 0.15) is 12.4 Å². The van der Waals surface area contributed by atoms with E-state index >= 15 is 0 Å². The number of fused-ring (bicyclic) bond motifs is 1. The van der Waals surface area contributed by atoms with Crippen LogP contribution in [0.15, 0.2) is 35.8 Å². The van der Waals surface area contributed by atoms with E-state index in [2.05, 4.69) is 36.2 Å². The highest BCUT2D eigenvalue weighted by Crippen LogP contribution is 2.38. The summed E-state index contributed by atoms with van der Waals surface area (Å²) in [6.45, 7) is 9.22. The maximum absolute atomic E-state index is 13.0. The summed E-state index contributed by atoms with van der Waals surface area (Å²) >= 11 is 0. The molecule has 1 aromatic carbocycles. The predicted molar refractivity (Wildman–Crippen MR) is 118 cm³/mol. The first-order valence-corrected chi connectivity index (χ1v) is 10.8. The van der Waals surface area contributed by atoms with Gasteiger partial charge in [-0.1, -0.05) is 33.3 Å². The normalized spacial score (nSPS) is 15.5. The molecule has 0 saturated carbocycles. The van der Waals surface area contributed by atoms with Crippen LogP contribution in [0.3, 0.4) is 0 Å². The van der Waals surface area contributed by atoms with Gasteiger partial charge < -0.3 is 19.5 Å². The summed E-state index contributed by atoms with van der Waals surface area (Å²) < 4.78 is 18.7. The molecule has 1 aliphatic rings. The van der Waals surface area contributed by atoms with E-state index in [4.69, 9.17) is 14.2 Å². The lowest BCUT2D eigenvalue weighted by Gasteiger charge is -2.28. The van der Waals surface area contributed by atoms with Crippen molar-refractivity contribution in [3.63, 3.8) is 0 Å². The van der Waals surface area contributed by atoms with Crippen molar-refractivity contribution < 1.29 is 19.0 Å². The molecule has 0 fully saturated rings. The molecule has 1 aromatic heterocycles. The Morgan fingerprint density at radius 1 is 1.26 bits per heavy atom. The highest BCUT2D eigenvalue weighted by molar-refractivity contribution is 5.92. The summed E-state index contributed by atoms with van der Waals surface area (Å²) in [6.07, 6.45) is 4.20. The van der Waals surface area contributed by atoms with E-state index in [1.807, 2.05) is 25.1 Å². The summed E-state index contributed by atoms with van der Waals surface area (Å²) in [6, 6.07) is 5.22. The molecule has 1 aliphatic heterocycles. The zero-order chi connectivity index (χ0) is 22.4. The van der Waals surface area contributed by atoms with E-state index in [0.29, 0.717) is 47.8 Å². The molecule has 0 bridgehead atoms. The molecule has 2 heterocycles. The van der Waals surface area contributed by atoms with Crippen molar-refractivity contribution in [2.24, 2.45) is 5.92 Å². The molecule has 0 aliphatic carbocycles. The number of allylic oxidation sites excluding steroid dienone is 1. The first-order chi connectivity index (χ1) is 15.0. The summed E-state index contributed by atoms with van der Waals surface area (Å²) in [5, 5.41) is 7.51. The van der Waals surface area contributed by atoms with Crippen LogP contribution < -0.4 is 14.8 Å². The van der Waals surface area contributed by atoms with Crippen LogP contribution in [0.1, 0.15) is 58.6 Å². The van der Waals surface area contributed by atoms with Crippen molar-refractivity contribution in [1.29, 1.82) is 0 Å². The van der Waals surface area contributed by atoms with Crippen LogP contribution in [0, 0.1) is 5.92 Å². The summed E-state index contributed by atoms with van der Waals surface area (Å²) in [5.74, 6) is 2.05. The average Bonchev–Trinajstić information content (AvgIpc) is 3.20. The Bertz CT molecular complexity index is 935. The van der Waals surface area contributed by atoms with Crippen molar-refractivity contribution in [3.05, 3.63) is 41.4 Å². The molecule has 0 spiro atoms. The maximum atomic E-state index is 13.0. The van der Waals surface area contributed by atoms with E-state index in [9.17, 15) is 4.79 Å². The highest BCUT2D eigenvalue weighted by Gasteiger charge is 2.34. The molecule has 0 amide bonds. The molecule has 1 unspecified atom stereocenters. The number of carbonyl (C=O) groups excluding carboxylic acids is 1. The van der Waals surface area contributed by atoms with Gasteiger partial charge in [0.25, 0.3) is 0 Å². The molecular formula is C23H32N4O4. The molecule has 168 valence electrons. The average molecular weight is 429 g/mol. The van der Waals surface area contributed by atoms with E-state index in [1.54, 1.807) is 11.8 Å². The Kier molecular flexibility index (Phi) is 7.55. The van der Waals surface area contributed by atoms with Crippen LogP contribution in [-0.4, -0.2) is 41.1 Å². The van der Waals surface area contributed by atoms with Gasteiger partial charge in [0.05, 0.1) is 25.9 Å². The summed E-state index contributed by atoms with van der Waals surface area (Å²) in [5.41, 5.74) is 2.04. The van der Waals surface area contributed by atoms with Crippen molar-refractivity contribution in [3.8, 4) is 11.5 Å². The zero-order valence-electron chi connectivity index (χ0n) is 19.0. The number of benzene rings is 1. The van der Waals surface area contributed by atoms with Crippen molar-refractivity contribution >= 4 is 11.9 Å². The Morgan fingerprint density at radius 3 is 2.77 bits per heavy atom. The highest BCUT2D eigenvalue weighted by atomic mass is 16.5. The molecular weight excluding hydrogens is 396 g/mol. The van der Waals surface area contributed by atoms with Crippen LogP contribution in [-0.2, 0) is 9.53 Å². The Balaban J connectivity index is 1.94. The SMILES string of the molecule is CCCCOC(=O)C1=C(C)Nc2ncnn2C1c1ccc(OCCC(C)C)c(OC)c1. The standard InChI is InChI=1S/C23H32N4O4/c1-6-7-11-31-22(28)20-16(4)26-23-24-14-25-27(23)21(20)17-8-9-18(19(13-17)29-5)30-12-10-15(2)3/h8-9,13-15,21H,6-7,10-12H2,1-5H3,(H,24,25,26). The number of carbonyl (C=O) groups is 1. The molecule has 8 heteroatoms. The van der Waals surface area contributed by atoms with Crippen molar-refractivity contribution in [1.82, 2.24) is 14.8 Å². The van der Waals surface area contributed by atoms with E-state index in [0.717, 1.165) is 24.8 Å². The largest absolute Gasteiger partial charge is 0.493 e. The lowest BCUT2D eigenvalue weighted by Crippen LogP contribution is -2.29. The molecule has 31 heavy (non-hydrogen) atoms. The summed E-state index contributed by atoms with van der Waals surface area (Å²) in [7, 11) is 1.61. The fourth-order valence-electron chi connectivity index (χ4n) is 3.43. The van der Waals surface area contributed by atoms with E-state index in [-0.39, 0.29) is 5.97 Å². The monoisotopic (exact) mass is 428 g/mol. The van der Waals surface area contributed by atoms with Gasteiger partial charge in [-0.15, -0.1) is 0 Å². The van der Waals surface area contributed by atoms with Gasteiger partial charge in [0.2, 0.25) is 5.95 Å². The predicted octanol–water partition coefficient (Wildman–Crippen LogP) is 4.34. The zero-order valence-corrected chi connectivity index (χ0v) is 19.0. The lowest BCUT2D eigenvalue weighted by molar-refractivity contribution is -0.139. The molecule has 1 N–H and O–H groups in total. The first-order valence-electron chi connectivity index (χ1n) is 10.8. The van der Waals surface area contributed by atoms with Gasteiger partial charge >= 0.3 is 5.97 Å². The van der Waals surface area contributed by atoms with Crippen LogP contribution in [0.4, 0.5) is 5.95 Å². The molecule has 3 rings (SSSR count). The number of unbranched alkanes of at least 4 members (excludes halogenated alkanes) is 1. The van der Waals surface area contributed by atoms with Gasteiger partial charge in [0.15, 0.2) is 11.5 Å². The minimum absolute atomic E-state index is 0.360. The first kappa shape index (κ1) is 22.7. The Hall–Kier alpha value is -3.03. The third kappa shape index (κ3) is 5.18. The lowest BCUT2D eigenvalue weighted by atomic mass is 9.95. The second kappa shape index (κ2) is 10.3. The second-order valence-corrected chi connectivity index (χ2v) is 8.03. The smallest absolute Gasteiger partial charge is 0.338 e. The molecule has 0 saturated heterocycles. The van der Waals surface area contributed by atoms with Crippen LogP contribution in [0.25, 0.3) is 0 Å². The van der Waals surface area contributed by atoms with Gasteiger partial charge in [-0.2, -0.15) is 10.1 Å². The fourth-order valence-corrected chi connectivity index (χ4v) is 3.43. The molecule has 1 atom stereocenters. The van der Waals surface area contributed by atoms with Gasteiger partial charge in [-0.25, -0.2) is 9.48 Å². The second-order valence-electron chi connectivity index (χ2n) is 8.03. The van der Waals surface area contributed by atoms with E-state index < -0.39 is 6.04 Å². The molecule has 0 radical (unpaired) electrons. The molecule has 2 aromatic rings. The quantitative estimate of drug-likeness (QED) is 0.445.